The fraction of sp³-hybridized carbons (Fsp3) is 0.120. The van der Waals surface area contributed by atoms with E-state index in [2.05, 4.69) is 5.32 Å². The number of nitriles is 1. The smallest absolute Gasteiger partial charge is 0.339 e. The predicted octanol–water partition coefficient (Wildman–Crippen LogP) is 5.71. The Hall–Kier alpha value is -3.71. The molecule has 0 saturated heterocycles. The molecule has 36 heavy (non-hydrogen) atoms. The maximum atomic E-state index is 12.7. The van der Waals surface area contributed by atoms with Gasteiger partial charge in [-0.2, -0.15) is 13.7 Å². The molecule has 0 aromatic heterocycles. The van der Waals surface area contributed by atoms with Gasteiger partial charge in [0.25, 0.3) is 5.91 Å². The third-order valence-electron chi connectivity index (χ3n) is 4.69. The van der Waals surface area contributed by atoms with E-state index in [1.807, 2.05) is 6.07 Å². The van der Waals surface area contributed by atoms with Gasteiger partial charge in [0.1, 0.15) is 22.3 Å². The molecule has 1 N–H and O–H groups in total. The first-order valence-electron chi connectivity index (χ1n) is 10.4. The van der Waals surface area contributed by atoms with Crippen LogP contribution in [0, 0.1) is 11.3 Å². The van der Waals surface area contributed by atoms with Crippen LogP contribution in [0.2, 0.25) is 10.0 Å². The normalized spacial score (nSPS) is 11.4. The third-order valence-corrected chi connectivity index (χ3v) is 6.57. The summed E-state index contributed by atoms with van der Waals surface area (Å²) in [6.45, 7) is 1.93. The summed E-state index contributed by atoms with van der Waals surface area (Å²) >= 11 is 12.2. The minimum absolute atomic E-state index is 0.0596. The number of carbonyl (C=O) groups excluding carboxylic acids is 1. The number of benzene rings is 3. The van der Waals surface area contributed by atoms with Gasteiger partial charge in [-0.15, -0.1) is 0 Å². The summed E-state index contributed by atoms with van der Waals surface area (Å²) in [4.78, 5) is 12.6. The van der Waals surface area contributed by atoms with Crippen LogP contribution in [0.3, 0.4) is 0 Å². The highest BCUT2D eigenvalue weighted by atomic mass is 35.5. The lowest BCUT2D eigenvalue weighted by Gasteiger charge is -2.13. The lowest BCUT2D eigenvalue weighted by atomic mass is 10.1. The van der Waals surface area contributed by atoms with E-state index in [0.717, 1.165) is 0 Å². The molecule has 0 aliphatic carbocycles. The van der Waals surface area contributed by atoms with Crippen molar-refractivity contribution in [3.05, 3.63) is 81.8 Å². The zero-order valence-electron chi connectivity index (χ0n) is 19.1. The van der Waals surface area contributed by atoms with Crippen molar-refractivity contribution in [3.8, 4) is 23.3 Å². The number of amides is 1. The lowest BCUT2D eigenvalue weighted by Crippen LogP contribution is -2.14. The number of nitrogens with one attached hydrogen (secondary N) is 1. The van der Waals surface area contributed by atoms with E-state index in [1.54, 1.807) is 25.1 Å². The number of rotatable bonds is 9. The van der Waals surface area contributed by atoms with Crippen molar-refractivity contribution in [2.45, 2.75) is 11.8 Å². The zero-order chi connectivity index (χ0) is 26.3. The number of ether oxygens (including phenoxy) is 2. The minimum atomic E-state index is -4.17. The van der Waals surface area contributed by atoms with E-state index in [-0.39, 0.29) is 44.3 Å². The highest BCUT2D eigenvalue weighted by Gasteiger charge is 2.20. The Bertz CT molecular complexity index is 1430. The highest BCUT2D eigenvalue weighted by Crippen LogP contribution is 2.33. The summed E-state index contributed by atoms with van der Waals surface area (Å²) in [5, 5.41) is 12.5. The molecule has 0 spiro atoms. The molecule has 8 nitrogen and oxygen atoms in total. The first kappa shape index (κ1) is 26.9. The van der Waals surface area contributed by atoms with Crippen LogP contribution in [0.5, 0.6) is 17.2 Å². The highest BCUT2D eigenvalue weighted by molar-refractivity contribution is 7.87. The molecule has 186 valence electrons. The van der Waals surface area contributed by atoms with Crippen molar-refractivity contribution < 1.29 is 26.9 Å². The average molecular weight is 547 g/mol. The average Bonchev–Trinajstić information content (AvgIpc) is 2.86. The molecule has 3 rings (SSSR count). The Balaban J connectivity index is 1.89. The number of methoxy groups -OCH3 is 1. The second kappa shape index (κ2) is 11.8. The van der Waals surface area contributed by atoms with E-state index < -0.39 is 16.0 Å². The number of carbonyl (C=O) groups is 1. The van der Waals surface area contributed by atoms with Gasteiger partial charge in [0.05, 0.1) is 29.4 Å². The maximum Gasteiger partial charge on any atom is 0.339 e. The molecular formula is C25H20Cl2N2O6S. The van der Waals surface area contributed by atoms with Crippen LogP contribution in [0.4, 0.5) is 5.69 Å². The molecule has 1 amide bonds. The molecule has 11 heteroatoms. The lowest BCUT2D eigenvalue weighted by molar-refractivity contribution is -0.112. The minimum Gasteiger partial charge on any atom is -0.497 e. The summed E-state index contributed by atoms with van der Waals surface area (Å²) in [6, 6.07) is 16.6. The van der Waals surface area contributed by atoms with Gasteiger partial charge < -0.3 is 19.0 Å². The van der Waals surface area contributed by atoms with Crippen LogP contribution in [-0.4, -0.2) is 28.0 Å². The monoisotopic (exact) mass is 546 g/mol. The number of para-hydroxylation sites is 1. The Labute approximate surface area is 218 Å². The third kappa shape index (κ3) is 6.49. The molecule has 3 aromatic carbocycles. The summed E-state index contributed by atoms with van der Waals surface area (Å²) in [5.74, 6) is -0.187. The number of halogens is 2. The summed E-state index contributed by atoms with van der Waals surface area (Å²) in [7, 11) is -2.70. The fourth-order valence-corrected chi connectivity index (χ4v) is 4.41. The van der Waals surface area contributed by atoms with E-state index in [9.17, 15) is 18.5 Å². The molecular weight excluding hydrogens is 527 g/mol. The number of hydrogen-bond acceptors (Lipinski definition) is 7. The summed E-state index contributed by atoms with van der Waals surface area (Å²) in [6.07, 6.45) is 1.31. The molecule has 0 aliphatic rings. The van der Waals surface area contributed by atoms with Crippen LogP contribution in [-0.2, 0) is 14.9 Å². The summed E-state index contributed by atoms with van der Waals surface area (Å²) in [5.41, 5.74) is 0.326. The van der Waals surface area contributed by atoms with E-state index in [1.165, 1.54) is 55.7 Å². The number of hydrogen-bond donors (Lipinski definition) is 1. The van der Waals surface area contributed by atoms with E-state index >= 15 is 0 Å². The van der Waals surface area contributed by atoms with Crippen LogP contribution < -0.4 is 19.0 Å². The van der Waals surface area contributed by atoms with Gasteiger partial charge in [0.15, 0.2) is 11.5 Å². The van der Waals surface area contributed by atoms with Crippen molar-refractivity contribution in [1.29, 1.82) is 5.26 Å². The Kier molecular flexibility index (Phi) is 8.83. The van der Waals surface area contributed by atoms with Crippen molar-refractivity contribution in [2.24, 2.45) is 0 Å². The van der Waals surface area contributed by atoms with Gasteiger partial charge >= 0.3 is 10.1 Å². The molecule has 0 unspecified atom stereocenters. The quantitative estimate of drug-likeness (QED) is 0.207. The van der Waals surface area contributed by atoms with Gasteiger partial charge in [-0.25, -0.2) is 0 Å². The first-order chi connectivity index (χ1) is 17.2. The summed E-state index contributed by atoms with van der Waals surface area (Å²) < 4.78 is 41.4. The largest absolute Gasteiger partial charge is 0.497 e. The maximum absolute atomic E-state index is 12.7. The second-order valence-corrected chi connectivity index (χ2v) is 9.43. The molecule has 0 saturated carbocycles. The Morgan fingerprint density at radius 3 is 2.31 bits per heavy atom. The van der Waals surface area contributed by atoms with Gasteiger partial charge in [-0.3, -0.25) is 4.79 Å². The van der Waals surface area contributed by atoms with E-state index in [4.69, 9.17) is 36.9 Å². The van der Waals surface area contributed by atoms with Crippen LogP contribution >= 0.6 is 23.2 Å². The van der Waals surface area contributed by atoms with E-state index in [0.29, 0.717) is 11.3 Å². The molecule has 0 radical (unpaired) electrons. The van der Waals surface area contributed by atoms with Gasteiger partial charge in [-0.1, -0.05) is 35.3 Å². The van der Waals surface area contributed by atoms with Gasteiger partial charge in [0.2, 0.25) is 0 Å². The molecule has 3 aromatic rings. The molecule has 0 bridgehead atoms. The predicted molar refractivity (Wildman–Crippen MR) is 137 cm³/mol. The zero-order valence-corrected chi connectivity index (χ0v) is 21.4. The molecule has 0 heterocycles. The fourth-order valence-electron chi connectivity index (χ4n) is 2.97. The molecule has 0 atom stereocenters. The topological polar surface area (TPSA) is 115 Å². The molecule has 0 aliphatic heterocycles. The van der Waals surface area contributed by atoms with Gasteiger partial charge in [0, 0.05) is 0 Å². The van der Waals surface area contributed by atoms with Gasteiger partial charge in [-0.05, 0) is 67.1 Å². The van der Waals surface area contributed by atoms with Crippen molar-refractivity contribution >= 4 is 51.0 Å². The van der Waals surface area contributed by atoms with Crippen molar-refractivity contribution in [1.82, 2.24) is 0 Å². The standard InChI is InChI=1S/C25H20Cl2N2O6S/c1-3-34-23-14-16(13-17(15-28)25(30)29-24-20(26)5-4-6-21(24)27)7-12-22(23)35-36(31,32)19-10-8-18(33-2)9-11-19/h4-14H,3H2,1-2H3,(H,29,30)/b17-13+. The Morgan fingerprint density at radius 1 is 1.06 bits per heavy atom. The van der Waals surface area contributed by atoms with Crippen LogP contribution in [0.1, 0.15) is 12.5 Å². The number of anilines is 1. The Morgan fingerprint density at radius 2 is 1.72 bits per heavy atom. The SMILES string of the molecule is CCOc1cc(/C=C(\C#N)C(=O)Nc2c(Cl)cccc2Cl)ccc1OS(=O)(=O)c1ccc(OC)cc1. The molecule has 0 fully saturated rings. The second-order valence-electron chi connectivity index (χ2n) is 7.07. The first-order valence-corrected chi connectivity index (χ1v) is 12.6. The van der Waals surface area contributed by atoms with Crippen LogP contribution in [0.15, 0.2) is 71.1 Å². The van der Waals surface area contributed by atoms with Crippen LogP contribution in [0.25, 0.3) is 6.08 Å². The van der Waals surface area contributed by atoms with Crippen molar-refractivity contribution in [2.75, 3.05) is 19.0 Å². The van der Waals surface area contributed by atoms with Crippen molar-refractivity contribution in [3.63, 3.8) is 0 Å². The number of nitrogens with zero attached hydrogens (tertiary/aromatic N) is 1.